The van der Waals surface area contributed by atoms with Gasteiger partial charge in [-0.2, -0.15) is 4.31 Å². The summed E-state index contributed by atoms with van der Waals surface area (Å²) in [6.07, 6.45) is 1.82. The molecule has 6 nitrogen and oxygen atoms in total. The molecule has 1 aromatic heterocycles. The molecular formula is C18H22ClN3O3S. The van der Waals surface area contributed by atoms with Gasteiger partial charge in [0.15, 0.2) is 0 Å². The topological polar surface area (TPSA) is 65.6 Å². The molecular weight excluding hydrogens is 374 g/mol. The van der Waals surface area contributed by atoms with Gasteiger partial charge in [0.1, 0.15) is 4.90 Å². The Bertz CT molecular complexity index is 885. The molecule has 2 fully saturated rings. The Kier molecular flexibility index (Phi) is 4.83. The molecule has 0 radical (unpaired) electrons. The van der Waals surface area contributed by atoms with Gasteiger partial charge in [-0.3, -0.25) is 4.90 Å². The first-order valence-corrected chi connectivity index (χ1v) is 10.6. The van der Waals surface area contributed by atoms with Gasteiger partial charge in [-0.05, 0) is 36.8 Å². The zero-order valence-corrected chi connectivity index (χ0v) is 16.1. The molecule has 1 N–H and O–H groups in total. The van der Waals surface area contributed by atoms with Crippen LogP contribution in [0.25, 0.3) is 11.3 Å². The fourth-order valence-electron chi connectivity index (χ4n) is 3.78. The van der Waals surface area contributed by atoms with Gasteiger partial charge in [0, 0.05) is 43.6 Å². The van der Waals surface area contributed by atoms with Crippen molar-refractivity contribution in [1.29, 1.82) is 0 Å². The van der Waals surface area contributed by atoms with Crippen molar-refractivity contribution in [2.45, 2.75) is 23.9 Å². The Labute approximate surface area is 158 Å². The van der Waals surface area contributed by atoms with Crippen molar-refractivity contribution < 1.29 is 13.2 Å². The molecule has 0 amide bonds. The maximum absolute atomic E-state index is 13.1. The first kappa shape index (κ1) is 18.0. The quantitative estimate of drug-likeness (QED) is 0.866. The van der Waals surface area contributed by atoms with Gasteiger partial charge < -0.3 is 9.72 Å². The smallest absolute Gasteiger partial charge is 0.244 e. The summed E-state index contributed by atoms with van der Waals surface area (Å²) in [7, 11) is -3.64. The lowest BCUT2D eigenvalue weighted by Crippen LogP contribution is -2.61. The van der Waals surface area contributed by atoms with Crippen LogP contribution in [0.3, 0.4) is 0 Å². The average Bonchev–Trinajstić information content (AvgIpc) is 3.16. The highest BCUT2D eigenvalue weighted by molar-refractivity contribution is 7.89. The molecule has 140 valence electrons. The van der Waals surface area contributed by atoms with E-state index in [1.807, 2.05) is 18.3 Å². The number of benzene rings is 1. The van der Waals surface area contributed by atoms with E-state index in [0.29, 0.717) is 38.9 Å². The molecule has 2 saturated heterocycles. The number of ether oxygens (including phenoxy) is 1. The lowest BCUT2D eigenvalue weighted by molar-refractivity contribution is -0.0634. The summed E-state index contributed by atoms with van der Waals surface area (Å²) in [6.45, 7) is 5.00. The molecule has 3 heterocycles. The number of rotatable bonds is 3. The van der Waals surface area contributed by atoms with Crippen molar-refractivity contribution in [2.24, 2.45) is 0 Å². The summed E-state index contributed by atoms with van der Waals surface area (Å²) in [5, 5.41) is 0.243. The Morgan fingerprint density at radius 1 is 1.23 bits per heavy atom. The zero-order valence-electron chi connectivity index (χ0n) is 14.6. The summed E-state index contributed by atoms with van der Waals surface area (Å²) in [5.41, 5.74) is 1.76. The number of morpholine rings is 1. The normalized spacial score (nSPS) is 25.2. The first-order valence-electron chi connectivity index (χ1n) is 8.74. The molecule has 1 aromatic carbocycles. The molecule has 2 atom stereocenters. The summed E-state index contributed by atoms with van der Waals surface area (Å²) >= 11 is 6.36. The second kappa shape index (κ2) is 6.98. The number of nitrogens with one attached hydrogen (secondary N) is 1. The lowest BCUT2D eigenvalue weighted by Gasteiger charge is -2.46. The molecule has 2 aromatic rings. The second-order valence-corrected chi connectivity index (χ2v) is 9.18. The largest absolute Gasteiger partial charge is 0.378 e. The van der Waals surface area contributed by atoms with Gasteiger partial charge in [0.05, 0.1) is 18.2 Å². The van der Waals surface area contributed by atoms with Crippen molar-refractivity contribution >= 4 is 21.6 Å². The zero-order chi connectivity index (χ0) is 18.3. The van der Waals surface area contributed by atoms with E-state index in [1.165, 1.54) is 4.31 Å². The van der Waals surface area contributed by atoms with E-state index < -0.39 is 10.0 Å². The van der Waals surface area contributed by atoms with Crippen LogP contribution in [0.2, 0.25) is 5.02 Å². The van der Waals surface area contributed by atoms with Crippen molar-refractivity contribution in [1.82, 2.24) is 14.2 Å². The minimum Gasteiger partial charge on any atom is -0.378 e. The molecule has 4 rings (SSSR count). The van der Waals surface area contributed by atoms with Gasteiger partial charge in [-0.15, -0.1) is 0 Å². The Morgan fingerprint density at radius 3 is 2.81 bits per heavy atom. The molecule has 26 heavy (non-hydrogen) atoms. The Hall–Kier alpha value is -1.38. The number of hydrogen-bond acceptors (Lipinski definition) is 4. The Balaban J connectivity index is 1.59. The maximum atomic E-state index is 13.1. The second-order valence-electron chi connectivity index (χ2n) is 6.87. The highest BCUT2D eigenvalue weighted by Crippen LogP contribution is 2.31. The summed E-state index contributed by atoms with van der Waals surface area (Å²) < 4.78 is 33.4. The van der Waals surface area contributed by atoms with Gasteiger partial charge in [0.2, 0.25) is 10.0 Å². The van der Waals surface area contributed by atoms with E-state index >= 15 is 0 Å². The maximum Gasteiger partial charge on any atom is 0.244 e. The number of piperazine rings is 1. The first-order chi connectivity index (χ1) is 12.5. The van der Waals surface area contributed by atoms with Gasteiger partial charge in [-0.25, -0.2) is 8.42 Å². The molecule has 2 aliphatic rings. The summed E-state index contributed by atoms with van der Waals surface area (Å²) in [4.78, 5) is 5.60. The SMILES string of the molecule is C[C@H]1COC[C@H]2CN(S(=O)(=O)c3ccc(-c4ccc[nH]4)cc3Cl)CCN21. The molecule has 0 unspecified atom stereocenters. The van der Waals surface area contributed by atoms with Gasteiger partial charge in [-0.1, -0.05) is 17.7 Å². The van der Waals surface area contributed by atoms with Crippen LogP contribution in [0.5, 0.6) is 0 Å². The number of aromatic amines is 1. The highest BCUT2D eigenvalue weighted by Gasteiger charge is 2.38. The van der Waals surface area contributed by atoms with Crippen LogP contribution in [0.1, 0.15) is 6.92 Å². The predicted octanol–water partition coefficient (Wildman–Crippen LogP) is 2.43. The number of hydrogen-bond donors (Lipinski definition) is 1. The molecule has 2 aliphatic heterocycles. The molecule has 0 bridgehead atoms. The fourth-order valence-corrected chi connectivity index (χ4v) is 5.77. The van der Waals surface area contributed by atoms with Crippen LogP contribution in [0.4, 0.5) is 0 Å². The number of nitrogens with zero attached hydrogens (tertiary/aromatic N) is 2. The van der Waals surface area contributed by atoms with E-state index in [4.69, 9.17) is 16.3 Å². The van der Waals surface area contributed by atoms with E-state index in [9.17, 15) is 8.42 Å². The van der Waals surface area contributed by atoms with Crippen LogP contribution in [-0.4, -0.2) is 67.5 Å². The summed E-state index contributed by atoms with van der Waals surface area (Å²) in [6, 6.07) is 9.31. The van der Waals surface area contributed by atoms with E-state index in [-0.39, 0.29) is 16.0 Å². The molecule has 8 heteroatoms. The minimum absolute atomic E-state index is 0.0965. The molecule has 0 saturated carbocycles. The Morgan fingerprint density at radius 2 is 2.08 bits per heavy atom. The molecule has 0 spiro atoms. The van der Waals surface area contributed by atoms with E-state index in [2.05, 4.69) is 16.8 Å². The number of halogens is 1. The van der Waals surface area contributed by atoms with Crippen LogP contribution >= 0.6 is 11.6 Å². The summed E-state index contributed by atoms with van der Waals surface area (Å²) in [5.74, 6) is 0. The van der Waals surface area contributed by atoms with Crippen molar-refractivity contribution in [2.75, 3.05) is 32.8 Å². The number of fused-ring (bicyclic) bond motifs is 1. The molecule has 0 aliphatic carbocycles. The number of sulfonamides is 1. The standard InChI is InChI=1S/C18H22ClN3O3S/c1-13-11-25-12-15-10-21(7-8-22(13)15)26(23,24)18-5-4-14(9-16(18)19)17-3-2-6-20-17/h2-6,9,13,15,20H,7-8,10-12H2,1H3/t13-,15+/m0/s1. The van der Waals surface area contributed by atoms with Crippen molar-refractivity contribution in [3.05, 3.63) is 41.6 Å². The number of H-pyrrole nitrogens is 1. The van der Waals surface area contributed by atoms with E-state index in [0.717, 1.165) is 11.3 Å². The van der Waals surface area contributed by atoms with E-state index in [1.54, 1.807) is 18.2 Å². The third kappa shape index (κ3) is 3.18. The lowest BCUT2D eigenvalue weighted by atomic mass is 10.1. The van der Waals surface area contributed by atoms with Crippen LogP contribution in [-0.2, 0) is 14.8 Å². The van der Waals surface area contributed by atoms with Gasteiger partial charge >= 0.3 is 0 Å². The average molecular weight is 396 g/mol. The fraction of sp³-hybridized carbons (Fsp3) is 0.444. The van der Waals surface area contributed by atoms with Crippen molar-refractivity contribution in [3.8, 4) is 11.3 Å². The minimum atomic E-state index is -3.64. The van der Waals surface area contributed by atoms with Crippen LogP contribution in [0.15, 0.2) is 41.4 Å². The van der Waals surface area contributed by atoms with Crippen LogP contribution < -0.4 is 0 Å². The van der Waals surface area contributed by atoms with Gasteiger partial charge in [0.25, 0.3) is 0 Å². The third-order valence-electron chi connectivity index (χ3n) is 5.19. The monoisotopic (exact) mass is 395 g/mol. The number of aromatic nitrogens is 1. The predicted molar refractivity (Wildman–Crippen MR) is 101 cm³/mol. The highest BCUT2D eigenvalue weighted by atomic mass is 35.5. The third-order valence-corrected chi connectivity index (χ3v) is 7.53. The van der Waals surface area contributed by atoms with Crippen molar-refractivity contribution in [3.63, 3.8) is 0 Å². The van der Waals surface area contributed by atoms with Crippen LogP contribution in [0, 0.1) is 0 Å².